The first-order valence-corrected chi connectivity index (χ1v) is 13.5. The molecule has 35 heavy (non-hydrogen) atoms. The molecule has 12 nitrogen and oxygen atoms in total. The lowest BCUT2D eigenvalue weighted by molar-refractivity contribution is -0.692. The van der Waals surface area contributed by atoms with Crippen LogP contribution in [0.5, 0.6) is 0 Å². The van der Waals surface area contributed by atoms with E-state index in [9.17, 15) is 19.5 Å². The molecule has 0 saturated carbocycles. The van der Waals surface area contributed by atoms with Gasteiger partial charge in [-0.05, 0) is 19.3 Å². The second-order valence-electron chi connectivity index (χ2n) is 8.11. The van der Waals surface area contributed by atoms with Gasteiger partial charge in [-0.3, -0.25) is 14.5 Å². The molecule has 4 heterocycles. The number of hydrogen-bond donors (Lipinski definition) is 2. The molecule has 1 fully saturated rings. The number of hydrogen-bond acceptors (Lipinski definition) is 12. The molecule has 0 spiro atoms. The number of carbonyl (C=O) groups excluding carboxylic acids is 3. The van der Waals surface area contributed by atoms with Crippen LogP contribution < -0.4 is 20.7 Å². The number of fused-ring (bicyclic) bond motifs is 2. The monoisotopic (exact) mass is 535 g/mol. The van der Waals surface area contributed by atoms with Crippen molar-refractivity contribution in [2.45, 2.75) is 43.6 Å². The lowest BCUT2D eigenvalue weighted by atomic mass is 10.0. The van der Waals surface area contributed by atoms with Gasteiger partial charge < -0.3 is 25.8 Å². The summed E-state index contributed by atoms with van der Waals surface area (Å²) in [5.41, 5.74) is 9.11. The lowest BCUT2D eigenvalue weighted by Crippen LogP contribution is -2.71. The van der Waals surface area contributed by atoms with Crippen molar-refractivity contribution in [2.24, 2.45) is 5.16 Å². The molecule has 2 amide bonds. The standard InChI is InChI=1S/C20H21N7O5S3/c1-32-24-12(15-23-20(21)35-25-15)16(28)22-13-17(29)27-14(19(30)31)9(7-33-18(13)27)6-26-8-34-11-5-3-2-4-10(11)26/h8,13,18H,2-7H2,1H3,(H3-,21,22,23,25,28,30,31)/b24-12-/t13-,18+/m1/s1. The van der Waals surface area contributed by atoms with Gasteiger partial charge in [-0.25, -0.2) is 0 Å². The summed E-state index contributed by atoms with van der Waals surface area (Å²) in [5.74, 6) is -2.30. The zero-order valence-electron chi connectivity index (χ0n) is 18.6. The Morgan fingerprint density at radius 1 is 1.40 bits per heavy atom. The van der Waals surface area contributed by atoms with Crippen molar-refractivity contribution >= 4 is 63.3 Å². The molecule has 15 heteroatoms. The van der Waals surface area contributed by atoms with Crippen molar-refractivity contribution in [1.29, 1.82) is 0 Å². The molecular weight excluding hydrogens is 514 g/mol. The number of carbonyl (C=O) groups is 3. The highest BCUT2D eigenvalue weighted by Gasteiger charge is 2.53. The number of nitrogens with zero attached hydrogens (tertiary/aromatic N) is 5. The highest BCUT2D eigenvalue weighted by atomic mass is 32.2. The minimum atomic E-state index is -1.41. The summed E-state index contributed by atoms with van der Waals surface area (Å²) in [6.45, 7) is 0.386. The highest BCUT2D eigenvalue weighted by Crippen LogP contribution is 2.40. The molecule has 0 radical (unpaired) electrons. The number of aryl methyl sites for hydroxylation is 1. The fourth-order valence-corrected chi connectivity index (χ4v) is 7.27. The van der Waals surface area contributed by atoms with Gasteiger partial charge in [0.05, 0.1) is 16.5 Å². The third-order valence-corrected chi connectivity index (χ3v) is 8.96. The third-order valence-electron chi connectivity index (χ3n) is 6.00. The highest BCUT2D eigenvalue weighted by molar-refractivity contribution is 8.00. The van der Waals surface area contributed by atoms with Gasteiger partial charge in [0.25, 0.3) is 11.8 Å². The number of thiazole rings is 1. The number of amides is 2. The smallest absolute Gasteiger partial charge is 0.278 e. The van der Waals surface area contributed by atoms with E-state index in [1.54, 1.807) is 11.3 Å². The van der Waals surface area contributed by atoms with Crippen molar-refractivity contribution in [3.63, 3.8) is 0 Å². The Balaban J connectivity index is 1.35. The number of aliphatic carboxylic acids is 1. The summed E-state index contributed by atoms with van der Waals surface area (Å²) in [6.07, 6.45) is 4.27. The van der Waals surface area contributed by atoms with Crippen LogP contribution in [0, 0.1) is 0 Å². The molecule has 0 bridgehead atoms. The molecule has 1 aliphatic carbocycles. The maximum Gasteiger partial charge on any atom is 0.278 e. The van der Waals surface area contributed by atoms with Gasteiger partial charge in [-0.2, -0.15) is 13.9 Å². The molecule has 0 unspecified atom stereocenters. The first-order chi connectivity index (χ1) is 16.9. The van der Waals surface area contributed by atoms with Gasteiger partial charge in [-0.15, -0.1) is 11.8 Å². The number of thioether (sulfide) groups is 1. The number of carboxylic acid groups (broad SMARTS) is 1. The predicted molar refractivity (Wildman–Crippen MR) is 126 cm³/mol. The van der Waals surface area contributed by atoms with Crippen LogP contribution in [0.25, 0.3) is 0 Å². The molecule has 184 valence electrons. The summed E-state index contributed by atoms with van der Waals surface area (Å²) < 4.78 is 6.04. The van der Waals surface area contributed by atoms with Crippen LogP contribution in [0.1, 0.15) is 29.2 Å². The largest absolute Gasteiger partial charge is 0.543 e. The van der Waals surface area contributed by atoms with E-state index < -0.39 is 29.2 Å². The number of nitrogens with one attached hydrogen (secondary N) is 1. The average molecular weight is 536 g/mol. The number of nitrogen functional groups attached to an aromatic ring is 1. The van der Waals surface area contributed by atoms with Crippen molar-refractivity contribution in [2.75, 3.05) is 18.6 Å². The molecule has 2 atom stereocenters. The maximum absolute atomic E-state index is 13.0. The van der Waals surface area contributed by atoms with Crippen LogP contribution in [-0.2, 0) is 38.6 Å². The fraction of sp³-hybridized carbons (Fsp3) is 0.450. The van der Waals surface area contributed by atoms with E-state index in [1.807, 2.05) is 5.51 Å². The molecule has 2 aliphatic heterocycles. The van der Waals surface area contributed by atoms with Gasteiger partial charge in [0.15, 0.2) is 17.4 Å². The Morgan fingerprint density at radius 3 is 2.91 bits per heavy atom. The van der Waals surface area contributed by atoms with Gasteiger partial charge in [0, 0.05) is 29.3 Å². The quantitative estimate of drug-likeness (QED) is 0.192. The number of oxime groups is 1. The van der Waals surface area contributed by atoms with Gasteiger partial charge in [-0.1, -0.05) is 16.5 Å². The Labute approximate surface area is 212 Å². The van der Waals surface area contributed by atoms with Crippen LogP contribution in [0.3, 0.4) is 0 Å². The van der Waals surface area contributed by atoms with E-state index in [0.29, 0.717) is 17.9 Å². The third kappa shape index (κ3) is 4.27. The normalized spacial score (nSPS) is 21.8. The van der Waals surface area contributed by atoms with Gasteiger partial charge >= 0.3 is 0 Å². The van der Waals surface area contributed by atoms with Gasteiger partial charge in [0.2, 0.25) is 17.0 Å². The number of nitrogens with two attached hydrogens (primary N) is 1. The molecule has 3 aliphatic rings. The second kappa shape index (κ2) is 9.54. The lowest BCUT2D eigenvalue weighted by Gasteiger charge is -2.50. The van der Waals surface area contributed by atoms with E-state index in [0.717, 1.165) is 37.2 Å². The minimum Gasteiger partial charge on any atom is -0.543 e. The second-order valence-corrected chi connectivity index (χ2v) is 10.9. The number of anilines is 1. The fourth-order valence-electron chi connectivity index (χ4n) is 4.43. The first-order valence-electron chi connectivity index (χ1n) is 10.8. The molecule has 2 aromatic heterocycles. The topological polar surface area (TPSA) is 167 Å². The van der Waals surface area contributed by atoms with Crippen LogP contribution in [0.2, 0.25) is 0 Å². The molecule has 1 saturated heterocycles. The predicted octanol–water partition coefficient (Wildman–Crippen LogP) is -1.20. The summed E-state index contributed by atoms with van der Waals surface area (Å²) in [6, 6.07) is -0.942. The van der Waals surface area contributed by atoms with E-state index in [1.165, 1.54) is 34.3 Å². The average Bonchev–Trinajstić information content (AvgIpc) is 3.46. The van der Waals surface area contributed by atoms with Crippen LogP contribution in [-0.4, -0.2) is 62.0 Å². The number of carboxylic acids is 1. The Morgan fingerprint density at radius 2 is 2.20 bits per heavy atom. The Bertz CT molecular complexity index is 1270. The number of rotatable bonds is 7. The molecule has 2 aromatic rings. The summed E-state index contributed by atoms with van der Waals surface area (Å²) >= 11 is 3.96. The summed E-state index contributed by atoms with van der Waals surface area (Å²) in [5, 5.41) is 17.9. The molecular formula is C20H21N7O5S3. The van der Waals surface area contributed by atoms with Crippen molar-refractivity contribution in [3.8, 4) is 0 Å². The molecule has 3 N–H and O–H groups in total. The summed E-state index contributed by atoms with van der Waals surface area (Å²) in [7, 11) is 1.26. The first kappa shape index (κ1) is 23.7. The van der Waals surface area contributed by atoms with E-state index in [2.05, 4.69) is 24.4 Å². The van der Waals surface area contributed by atoms with E-state index in [-0.39, 0.29) is 22.4 Å². The van der Waals surface area contributed by atoms with Crippen LogP contribution in [0.4, 0.5) is 5.13 Å². The SMILES string of the molecule is CO/N=C(\C(=O)N[C@@H]1C(=O)N2C(C(=O)[O-])=C(C[n+]3csc4c3CCCC4)CS[C@@H]12)c1nsc(N)n1. The van der Waals surface area contributed by atoms with Crippen molar-refractivity contribution < 1.29 is 28.9 Å². The summed E-state index contributed by atoms with van der Waals surface area (Å²) in [4.78, 5) is 49.1. The van der Waals surface area contributed by atoms with E-state index >= 15 is 0 Å². The number of aromatic nitrogens is 3. The zero-order chi connectivity index (χ0) is 24.7. The van der Waals surface area contributed by atoms with Crippen molar-refractivity contribution in [1.82, 2.24) is 19.6 Å². The number of β-lactam (4-membered cyclic amide) rings is 1. The Hall–Kier alpha value is -3.04. The van der Waals surface area contributed by atoms with Crippen molar-refractivity contribution in [3.05, 3.63) is 33.2 Å². The van der Waals surface area contributed by atoms with Crippen LogP contribution >= 0.6 is 34.6 Å². The Kier molecular flexibility index (Phi) is 6.46. The minimum absolute atomic E-state index is 0.0273. The van der Waals surface area contributed by atoms with Gasteiger partial charge in [0.1, 0.15) is 18.5 Å². The zero-order valence-corrected chi connectivity index (χ0v) is 21.0. The van der Waals surface area contributed by atoms with Crippen LogP contribution in [0.15, 0.2) is 21.9 Å². The molecule has 5 rings (SSSR count). The maximum atomic E-state index is 13.0. The molecule has 0 aromatic carbocycles. The van der Waals surface area contributed by atoms with E-state index in [4.69, 9.17) is 10.6 Å².